The Morgan fingerprint density at radius 1 is 1.10 bits per heavy atom. The van der Waals surface area contributed by atoms with Gasteiger partial charge in [-0.05, 0) is 36.2 Å². The highest BCUT2D eigenvalue weighted by Gasteiger charge is 2.23. The van der Waals surface area contributed by atoms with Crippen molar-refractivity contribution in [1.82, 2.24) is 9.66 Å². The first-order valence-corrected chi connectivity index (χ1v) is 13.0. The average Bonchev–Trinajstić information content (AvgIpc) is 2.94. The molecule has 4 aromatic rings. The zero-order valence-electron chi connectivity index (χ0n) is 21.6. The molecule has 0 saturated heterocycles. The number of halogens is 1. The molecule has 0 radical (unpaired) electrons. The van der Waals surface area contributed by atoms with Gasteiger partial charge < -0.3 is 9.47 Å². The fourth-order valence-corrected chi connectivity index (χ4v) is 4.33. The predicted octanol–water partition coefficient (Wildman–Crippen LogP) is 5.79. The van der Waals surface area contributed by atoms with E-state index in [0.717, 1.165) is 17.3 Å². The van der Waals surface area contributed by atoms with Gasteiger partial charge in [0.25, 0.3) is 11.2 Å². The summed E-state index contributed by atoms with van der Waals surface area (Å²) in [6.45, 7) is 1.86. The van der Waals surface area contributed by atoms with Crippen LogP contribution in [0.2, 0.25) is 0 Å². The number of aromatic nitrogens is 2. The van der Waals surface area contributed by atoms with E-state index in [0.29, 0.717) is 28.7 Å². The Morgan fingerprint density at radius 2 is 1.90 bits per heavy atom. The van der Waals surface area contributed by atoms with Crippen LogP contribution < -0.4 is 15.0 Å². The van der Waals surface area contributed by atoms with Gasteiger partial charge >= 0.3 is 5.69 Å². The summed E-state index contributed by atoms with van der Waals surface area (Å²) in [5, 5.41) is 27.7. The number of benzene rings is 3. The molecule has 0 N–H and O–H groups in total. The van der Waals surface area contributed by atoms with Crippen molar-refractivity contribution >= 4 is 44.4 Å². The lowest BCUT2D eigenvalue weighted by molar-refractivity contribution is -0.386. The maximum absolute atomic E-state index is 13.3. The monoisotopic (exact) mass is 609 g/mol. The molecule has 0 saturated carbocycles. The Morgan fingerprint density at radius 3 is 2.60 bits per heavy atom. The third-order valence-electron chi connectivity index (χ3n) is 5.93. The zero-order valence-corrected chi connectivity index (χ0v) is 23.2. The minimum Gasteiger partial charge on any atom is -0.493 e. The van der Waals surface area contributed by atoms with Crippen LogP contribution in [0.4, 0.5) is 11.4 Å². The number of non-ortho nitro benzene ring substituents is 1. The maximum atomic E-state index is 13.3. The van der Waals surface area contributed by atoms with E-state index in [9.17, 15) is 25.0 Å². The van der Waals surface area contributed by atoms with Crippen LogP contribution in [0.5, 0.6) is 11.5 Å². The summed E-state index contributed by atoms with van der Waals surface area (Å²) >= 11 is 3.37. The molecule has 13 heteroatoms. The van der Waals surface area contributed by atoms with Gasteiger partial charge in [-0.1, -0.05) is 41.4 Å². The Labute approximate surface area is 236 Å². The molecule has 0 aliphatic rings. The van der Waals surface area contributed by atoms with Gasteiger partial charge in [0.2, 0.25) is 5.75 Å². The largest absolute Gasteiger partial charge is 0.493 e. The quantitative estimate of drug-likeness (QED) is 0.118. The average molecular weight is 610 g/mol. The van der Waals surface area contributed by atoms with Gasteiger partial charge in [-0.25, -0.2) is 4.98 Å². The second-order valence-corrected chi connectivity index (χ2v) is 9.61. The van der Waals surface area contributed by atoms with E-state index < -0.39 is 15.5 Å². The first-order chi connectivity index (χ1) is 19.2. The minimum atomic E-state index is -0.628. The smallest absolute Gasteiger partial charge is 0.315 e. The fourth-order valence-electron chi connectivity index (χ4n) is 3.97. The number of methoxy groups -OCH3 is 1. The summed E-state index contributed by atoms with van der Waals surface area (Å²) in [7, 11) is 1.33. The molecule has 4 rings (SSSR count). The van der Waals surface area contributed by atoms with E-state index in [4.69, 9.17) is 9.47 Å². The van der Waals surface area contributed by atoms with Crippen molar-refractivity contribution in [1.29, 1.82) is 0 Å². The lowest BCUT2D eigenvalue weighted by atomic mass is 10.1. The standard InChI is InChI=1S/C27H24BrN5O7/c1-3-4-8-25-30-22-10-9-19(28)14-21(22)27(34)31(25)29-15-18-12-23(33(37)38)26(24(13-18)39-2)40-16-17-6-5-7-20(11-17)32(35)36/h5-7,9-15H,3-4,8,16H2,1-2H3. The molecule has 1 aromatic heterocycles. The van der Waals surface area contributed by atoms with Gasteiger partial charge in [-0.15, -0.1) is 0 Å². The van der Waals surface area contributed by atoms with Gasteiger partial charge in [0, 0.05) is 34.7 Å². The highest BCUT2D eigenvalue weighted by Crippen LogP contribution is 2.38. The summed E-state index contributed by atoms with van der Waals surface area (Å²) in [6, 6.07) is 13.7. The van der Waals surface area contributed by atoms with Crippen molar-refractivity contribution in [2.45, 2.75) is 32.8 Å². The first-order valence-electron chi connectivity index (χ1n) is 12.2. The van der Waals surface area contributed by atoms with Gasteiger partial charge in [0.05, 0.1) is 34.1 Å². The molecular weight excluding hydrogens is 586 g/mol. The van der Waals surface area contributed by atoms with Crippen molar-refractivity contribution in [2.24, 2.45) is 5.10 Å². The third-order valence-corrected chi connectivity index (χ3v) is 6.42. The number of rotatable bonds is 11. The number of nitro groups is 2. The van der Waals surface area contributed by atoms with Gasteiger partial charge in [0.1, 0.15) is 12.4 Å². The van der Waals surface area contributed by atoms with Crippen molar-refractivity contribution in [3.8, 4) is 11.5 Å². The molecule has 0 aliphatic heterocycles. The van der Waals surface area contributed by atoms with E-state index in [-0.39, 0.29) is 34.9 Å². The third kappa shape index (κ3) is 6.31. The molecule has 1 heterocycles. The Bertz CT molecular complexity index is 1690. The fraction of sp³-hybridized carbons (Fsp3) is 0.222. The van der Waals surface area contributed by atoms with Crippen LogP contribution in [0.3, 0.4) is 0 Å². The van der Waals surface area contributed by atoms with Gasteiger partial charge in [0.15, 0.2) is 5.75 Å². The second-order valence-electron chi connectivity index (χ2n) is 8.70. The van der Waals surface area contributed by atoms with E-state index in [1.807, 2.05) is 6.92 Å². The summed E-state index contributed by atoms with van der Waals surface area (Å²) < 4.78 is 13.0. The van der Waals surface area contributed by atoms with Crippen molar-refractivity contribution in [3.05, 3.63) is 107 Å². The first kappa shape index (κ1) is 28.4. The van der Waals surface area contributed by atoms with E-state index in [1.165, 1.54) is 48.3 Å². The van der Waals surface area contributed by atoms with Crippen LogP contribution in [0.15, 0.2) is 69.0 Å². The molecule has 206 valence electrons. The van der Waals surface area contributed by atoms with Crippen molar-refractivity contribution in [3.63, 3.8) is 0 Å². The Balaban J connectivity index is 1.72. The molecular formula is C27H24BrN5O7. The predicted molar refractivity (Wildman–Crippen MR) is 152 cm³/mol. The van der Waals surface area contributed by atoms with Crippen molar-refractivity contribution < 1.29 is 19.3 Å². The van der Waals surface area contributed by atoms with Crippen LogP contribution in [-0.2, 0) is 13.0 Å². The van der Waals surface area contributed by atoms with Crippen LogP contribution in [0.1, 0.15) is 36.7 Å². The molecule has 12 nitrogen and oxygen atoms in total. The van der Waals surface area contributed by atoms with Crippen LogP contribution >= 0.6 is 15.9 Å². The number of hydrogen-bond donors (Lipinski definition) is 0. The van der Waals surface area contributed by atoms with Crippen LogP contribution in [0, 0.1) is 20.2 Å². The van der Waals surface area contributed by atoms with Gasteiger partial charge in [-0.3, -0.25) is 25.0 Å². The van der Waals surface area contributed by atoms with E-state index in [2.05, 4.69) is 26.0 Å². The zero-order chi connectivity index (χ0) is 28.8. The van der Waals surface area contributed by atoms with Gasteiger partial charge in [-0.2, -0.15) is 9.78 Å². The Hall–Kier alpha value is -4.65. The van der Waals surface area contributed by atoms with Crippen LogP contribution in [-0.4, -0.2) is 32.8 Å². The maximum Gasteiger partial charge on any atom is 0.315 e. The molecule has 0 fully saturated rings. The molecule has 0 unspecified atom stereocenters. The molecule has 0 spiro atoms. The molecule has 3 aromatic carbocycles. The normalized spacial score (nSPS) is 11.2. The number of nitrogens with zero attached hydrogens (tertiary/aromatic N) is 5. The lowest BCUT2D eigenvalue weighted by Gasteiger charge is -2.12. The number of ether oxygens (including phenoxy) is 2. The molecule has 0 amide bonds. The topological polar surface area (TPSA) is 152 Å². The SMILES string of the molecule is CCCCc1nc2ccc(Br)cc2c(=O)n1N=Cc1cc(OC)c(OCc2cccc([N+](=O)[O-])c2)c([N+](=O)[O-])c1. The van der Waals surface area contributed by atoms with Crippen LogP contribution in [0.25, 0.3) is 10.9 Å². The number of hydrogen-bond acceptors (Lipinski definition) is 9. The highest BCUT2D eigenvalue weighted by atomic mass is 79.9. The lowest BCUT2D eigenvalue weighted by Crippen LogP contribution is -2.22. The molecule has 0 aliphatic carbocycles. The number of fused-ring (bicyclic) bond motifs is 1. The summed E-state index contributed by atoms with van der Waals surface area (Å²) in [4.78, 5) is 39.8. The highest BCUT2D eigenvalue weighted by molar-refractivity contribution is 9.10. The second kappa shape index (κ2) is 12.5. The summed E-state index contributed by atoms with van der Waals surface area (Å²) in [6.07, 6.45) is 3.52. The summed E-state index contributed by atoms with van der Waals surface area (Å²) in [5.74, 6) is 0.380. The Kier molecular flexibility index (Phi) is 8.84. The number of unbranched alkanes of at least 4 members (excludes halogenated alkanes) is 1. The van der Waals surface area contributed by atoms with Crippen molar-refractivity contribution in [2.75, 3.05) is 7.11 Å². The molecule has 0 bridgehead atoms. The number of nitro benzene ring substituents is 2. The van der Waals surface area contributed by atoms with E-state index in [1.54, 1.807) is 24.3 Å². The van der Waals surface area contributed by atoms with E-state index >= 15 is 0 Å². The molecule has 0 atom stereocenters. The number of aryl methyl sites for hydroxylation is 1. The molecule has 40 heavy (non-hydrogen) atoms. The summed E-state index contributed by atoms with van der Waals surface area (Å²) in [5.41, 5.74) is 0.392. The minimum absolute atomic E-state index is 0.0557.